The monoisotopic (exact) mass is 253 g/mol. The van der Waals surface area contributed by atoms with E-state index in [1.165, 1.54) is 17.6 Å². The van der Waals surface area contributed by atoms with Gasteiger partial charge in [0.15, 0.2) is 0 Å². The maximum Gasteiger partial charge on any atom is 0.262 e. The molecule has 0 atom stereocenters. The zero-order valence-corrected chi connectivity index (χ0v) is 9.79. The van der Waals surface area contributed by atoms with E-state index in [1.807, 2.05) is 6.07 Å². The van der Waals surface area contributed by atoms with E-state index in [0.29, 0.717) is 16.4 Å². The molecule has 1 aromatic carbocycles. The summed E-state index contributed by atoms with van der Waals surface area (Å²) < 4.78 is 2.02. The van der Waals surface area contributed by atoms with Gasteiger partial charge in [-0.2, -0.15) is 0 Å². The van der Waals surface area contributed by atoms with Crippen molar-refractivity contribution in [1.29, 1.82) is 0 Å². The first-order valence-electron chi connectivity index (χ1n) is 4.60. The van der Waals surface area contributed by atoms with Gasteiger partial charge >= 0.3 is 0 Å². The van der Waals surface area contributed by atoms with Gasteiger partial charge in [0.2, 0.25) is 0 Å². The number of rotatable bonds is 3. The molecule has 82 valence electrons. The third kappa shape index (κ3) is 2.40. The second kappa shape index (κ2) is 4.63. The molecule has 0 spiro atoms. The van der Waals surface area contributed by atoms with E-state index in [2.05, 4.69) is 0 Å². The minimum Gasteiger partial charge on any atom is -0.298 e. The van der Waals surface area contributed by atoms with Crippen LogP contribution < -0.4 is 5.56 Å². The Bertz CT molecular complexity index is 573. The van der Waals surface area contributed by atoms with Crippen molar-refractivity contribution in [3.8, 4) is 0 Å². The topological polar surface area (TPSA) is 39.1 Å². The Balaban J connectivity index is 2.30. The predicted molar refractivity (Wildman–Crippen MR) is 64.5 cm³/mol. The van der Waals surface area contributed by atoms with Crippen LogP contribution in [0.4, 0.5) is 0 Å². The van der Waals surface area contributed by atoms with E-state index in [9.17, 15) is 9.59 Å². The highest BCUT2D eigenvalue weighted by atomic mass is 35.5. The van der Waals surface area contributed by atoms with Crippen molar-refractivity contribution in [2.24, 2.45) is 0 Å². The summed E-state index contributed by atoms with van der Waals surface area (Å²) in [5.74, 6) is 0. The highest BCUT2D eigenvalue weighted by Crippen LogP contribution is 2.14. The molecule has 0 N–H and O–H groups in total. The molecule has 2 aromatic rings. The molecule has 0 aliphatic rings. The Kier molecular flexibility index (Phi) is 3.22. The van der Waals surface area contributed by atoms with Crippen LogP contribution in [0.3, 0.4) is 0 Å². The fraction of sp³-hybridized carbons (Fsp3) is 0.0909. The Morgan fingerprint density at radius 3 is 2.81 bits per heavy atom. The van der Waals surface area contributed by atoms with Gasteiger partial charge < -0.3 is 0 Å². The van der Waals surface area contributed by atoms with Gasteiger partial charge in [-0.05, 0) is 23.2 Å². The lowest BCUT2D eigenvalue weighted by Gasteiger charge is -2.01. The molecule has 1 aromatic heterocycles. The molecule has 0 aliphatic heterocycles. The van der Waals surface area contributed by atoms with Gasteiger partial charge in [0.25, 0.3) is 5.56 Å². The Labute approximate surface area is 101 Å². The van der Waals surface area contributed by atoms with Crippen LogP contribution in [0.5, 0.6) is 0 Å². The Hall–Kier alpha value is -1.39. The fourth-order valence-electron chi connectivity index (χ4n) is 1.39. The normalized spacial score (nSPS) is 10.3. The molecule has 5 heteroatoms. The number of carbonyl (C=O) groups excluding carboxylic acids is 1. The zero-order valence-electron chi connectivity index (χ0n) is 8.22. The van der Waals surface area contributed by atoms with Crippen molar-refractivity contribution in [1.82, 2.24) is 3.96 Å². The van der Waals surface area contributed by atoms with Crippen LogP contribution in [0.15, 0.2) is 35.1 Å². The molecule has 0 fully saturated rings. The SMILES string of the molecule is O=Cc1cccc(Cn2sc(Cl)cc2=O)c1. The van der Waals surface area contributed by atoms with Gasteiger partial charge in [0.05, 0.1) is 6.54 Å². The molecule has 0 amide bonds. The molecule has 16 heavy (non-hydrogen) atoms. The standard InChI is InChI=1S/C11H8ClNO2S/c12-10-5-11(15)13(16-10)6-8-2-1-3-9(4-8)7-14/h1-5,7H,6H2. The lowest BCUT2D eigenvalue weighted by Crippen LogP contribution is -2.12. The summed E-state index contributed by atoms with van der Waals surface area (Å²) in [5.41, 5.74) is 1.39. The van der Waals surface area contributed by atoms with Crippen LogP contribution in [0.25, 0.3) is 0 Å². The average molecular weight is 254 g/mol. The minimum absolute atomic E-state index is 0.119. The summed E-state index contributed by atoms with van der Waals surface area (Å²) in [7, 11) is 0. The first-order valence-corrected chi connectivity index (χ1v) is 5.75. The highest BCUT2D eigenvalue weighted by Gasteiger charge is 2.03. The van der Waals surface area contributed by atoms with Crippen LogP contribution in [0.1, 0.15) is 15.9 Å². The summed E-state index contributed by atoms with van der Waals surface area (Å²) in [6.07, 6.45) is 0.785. The molecule has 0 saturated heterocycles. The summed E-state index contributed by atoms with van der Waals surface area (Å²) in [5, 5.41) is 0. The largest absolute Gasteiger partial charge is 0.298 e. The summed E-state index contributed by atoms with van der Waals surface area (Å²) >= 11 is 6.94. The molecule has 2 rings (SSSR count). The van der Waals surface area contributed by atoms with E-state index in [1.54, 1.807) is 22.2 Å². The summed E-state index contributed by atoms with van der Waals surface area (Å²) in [6, 6.07) is 8.52. The van der Waals surface area contributed by atoms with E-state index in [4.69, 9.17) is 11.6 Å². The van der Waals surface area contributed by atoms with Crippen LogP contribution in [0.2, 0.25) is 4.34 Å². The van der Waals surface area contributed by atoms with Crippen molar-refractivity contribution >= 4 is 29.4 Å². The maximum absolute atomic E-state index is 11.4. The van der Waals surface area contributed by atoms with Crippen LogP contribution in [-0.2, 0) is 6.54 Å². The number of carbonyl (C=O) groups is 1. The van der Waals surface area contributed by atoms with E-state index < -0.39 is 0 Å². The van der Waals surface area contributed by atoms with E-state index >= 15 is 0 Å². The first kappa shape index (κ1) is 11.1. The molecular formula is C11H8ClNO2S. The smallest absolute Gasteiger partial charge is 0.262 e. The third-order valence-corrected chi connectivity index (χ3v) is 3.23. The van der Waals surface area contributed by atoms with Gasteiger partial charge in [-0.1, -0.05) is 29.8 Å². The zero-order chi connectivity index (χ0) is 11.5. The quantitative estimate of drug-likeness (QED) is 0.788. The van der Waals surface area contributed by atoms with Crippen LogP contribution in [0, 0.1) is 0 Å². The average Bonchev–Trinajstić information content (AvgIpc) is 2.58. The lowest BCUT2D eigenvalue weighted by atomic mass is 10.1. The van der Waals surface area contributed by atoms with Crippen molar-refractivity contribution in [3.63, 3.8) is 0 Å². The van der Waals surface area contributed by atoms with Crippen molar-refractivity contribution in [2.75, 3.05) is 0 Å². The number of nitrogens with zero attached hydrogens (tertiary/aromatic N) is 1. The highest BCUT2D eigenvalue weighted by molar-refractivity contribution is 7.11. The third-order valence-electron chi connectivity index (χ3n) is 2.09. The van der Waals surface area contributed by atoms with Gasteiger partial charge in [0, 0.05) is 11.6 Å². The molecule has 0 unspecified atom stereocenters. The molecule has 3 nitrogen and oxygen atoms in total. The number of halogens is 1. The summed E-state index contributed by atoms with van der Waals surface area (Å²) in [4.78, 5) is 22.0. The number of aldehydes is 1. The van der Waals surface area contributed by atoms with Crippen molar-refractivity contribution < 1.29 is 4.79 Å². The Morgan fingerprint density at radius 1 is 1.38 bits per heavy atom. The maximum atomic E-state index is 11.4. The Morgan fingerprint density at radius 2 is 2.19 bits per heavy atom. The van der Waals surface area contributed by atoms with Gasteiger partial charge in [0.1, 0.15) is 10.6 Å². The second-order valence-electron chi connectivity index (χ2n) is 3.28. The molecule has 0 saturated carbocycles. The fourth-order valence-corrected chi connectivity index (χ4v) is 2.45. The number of hydrogen-bond acceptors (Lipinski definition) is 3. The van der Waals surface area contributed by atoms with Gasteiger partial charge in [-0.15, -0.1) is 0 Å². The van der Waals surface area contributed by atoms with Crippen molar-refractivity contribution in [3.05, 3.63) is 56.1 Å². The van der Waals surface area contributed by atoms with Crippen LogP contribution >= 0.6 is 23.1 Å². The first-order chi connectivity index (χ1) is 7.69. The second-order valence-corrected chi connectivity index (χ2v) is 4.97. The lowest BCUT2D eigenvalue weighted by molar-refractivity contribution is 0.112. The molecule has 0 bridgehead atoms. The van der Waals surface area contributed by atoms with Gasteiger partial charge in [-0.3, -0.25) is 13.5 Å². The molecule has 0 radical (unpaired) electrons. The molecular weight excluding hydrogens is 246 g/mol. The van der Waals surface area contributed by atoms with E-state index in [0.717, 1.165) is 11.8 Å². The number of hydrogen-bond donors (Lipinski definition) is 0. The molecule has 1 heterocycles. The van der Waals surface area contributed by atoms with E-state index in [-0.39, 0.29) is 5.56 Å². The van der Waals surface area contributed by atoms with Gasteiger partial charge in [-0.25, -0.2) is 0 Å². The predicted octanol–water partition coefficient (Wildman–Crippen LogP) is 2.42. The summed E-state index contributed by atoms with van der Waals surface area (Å²) in [6.45, 7) is 0.442. The number of benzene rings is 1. The minimum atomic E-state index is -0.119. The number of aromatic nitrogens is 1. The molecule has 0 aliphatic carbocycles. The van der Waals surface area contributed by atoms with Crippen LogP contribution in [-0.4, -0.2) is 10.2 Å². The van der Waals surface area contributed by atoms with Crippen molar-refractivity contribution in [2.45, 2.75) is 6.54 Å².